The van der Waals surface area contributed by atoms with E-state index in [4.69, 9.17) is 19.6 Å². The summed E-state index contributed by atoms with van der Waals surface area (Å²) in [6.45, 7) is 4.35. The third kappa shape index (κ3) is 4.67. The average molecular weight is 485 g/mol. The van der Waals surface area contributed by atoms with E-state index < -0.39 is 0 Å². The van der Waals surface area contributed by atoms with Gasteiger partial charge >= 0.3 is 0 Å². The molecule has 1 unspecified atom stereocenters. The topological polar surface area (TPSA) is 103 Å². The number of hydrogen-bond acceptors (Lipinski definition) is 7. The molecule has 2 N–H and O–H groups in total. The van der Waals surface area contributed by atoms with Crippen LogP contribution in [0.3, 0.4) is 0 Å². The number of benzene rings is 1. The molecule has 1 saturated carbocycles. The van der Waals surface area contributed by atoms with Crippen molar-refractivity contribution in [2.24, 2.45) is 0 Å². The van der Waals surface area contributed by atoms with Gasteiger partial charge in [-0.3, -0.25) is 9.78 Å². The number of pyridine rings is 1. The van der Waals surface area contributed by atoms with E-state index in [0.717, 1.165) is 46.6 Å². The highest BCUT2D eigenvalue weighted by Crippen LogP contribution is 2.29. The number of carbonyl (C=O) groups excluding carboxylic acids is 1. The van der Waals surface area contributed by atoms with Gasteiger partial charge in [0.1, 0.15) is 0 Å². The fourth-order valence-corrected chi connectivity index (χ4v) is 4.41. The third-order valence-electron chi connectivity index (χ3n) is 6.53. The first-order valence-corrected chi connectivity index (χ1v) is 12.3. The molecule has 6 rings (SSSR count). The second kappa shape index (κ2) is 9.67. The van der Waals surface area contributed by atoms with Crippen LogP contribution in [-0.4, -0.2) is 64.0 Å². The van der Waals surface area contributed by atoms with E-state index in [1.807, 2.05) is 54.0 Å². The van der Waals surface area contributed by atoms with E-state index in [1.165, 1.54) is 0 Å². The largest absolute Gasteiger partial charge is 0.379 e. The monoisotopic (exact) mass is 484 g/mol. The molecule has 184 valence electrons. The minimum absolute atomic E-state index is 0.0156. The molecule has 0 bridgehead atoms. The highest BCUT2D eigenvalue weighted by Gasteiger charge is 2.25. The number of ether oxygens (including phenoxy) is 2. The molecule has 36 heavy (non-hydrogen) atoms. The van der Waals surface area contributed by atoms with Crippen LogP contribution in [0.1, 0.15) is 28.8 Å². The van der Waals surface area contributed by atoms with Gasteiger partial charge in [-0.15, -0.1) is 0 Å². The number of rotatable bonds is 7. The van der Waals surface area contributed by atoms with Crippen molar-refractivity contribution in [3.05, 3.63) is 66.1 Å². The van der Waals surface area contributed by atoms with E-state index in [-0.39, 0.29) is 12.0 Å². The Morgan fingerprint density at radius 1 is 1.11 bits per heavy atom. The second-order valence-corrected chi connectivity index (χ2v) is 9.28. The lowest BCUT2D eigenvalue weighted by Gasteiger charge is -2.23. The van der Waals surface area contributed by atoms with Crippen LogP contribution in [0, 0.1) is 6.92 Å². The molecule has 4 aromatic rings. The maximum Gasteiger partial charge on any atom is 0.251 e. The van der Waals surface area contributed by atoms with Crippen LogP contribution in [0.2, 0.25) is 0 Å². The van der Waals surface area contributed by atoms with Crippen LogP contribution >= 0.6 is 0 Å². The fraction of sp³-hybridized carbons (Fsp3) is 0.333. The van der Waals surface area contributed by atoms with Crippen molar-refractivity contribution < 1.29 is 14.3 Å². The van der Waals surface area contributed by atoms with Gasteiger partial charge in [0.05, 0.1) is 49.2 Å². The Balaban J connectivity index is 1.37. The standard InChI is InChI=1S/C27H28N6O3/c1-17-12-19(2-5-22(17)27(34)31-20-3-4-20)25-15-30-26-24(29-14-21-16-35-10-11-36-21)13-23(32-33(25)26)18-6-8-28-9-7-18/h2,5-9,12-13,15,20-21,29H,3-4,10-11,14,16H2,1H3,(H,31,34). The number of fused-ring (bicyclic) bond motifs is 1. The summed E-state index contributed by atoms with van der Waals surface area (Å²) in [6.07, 6.45) is 7.43. The summed E-state index contributed by atoms with van der Waals surface area (Å²) in [4.78, 5) is 21.4. The normalized spacial score (nSPS) is 17.8. The van der Waals surface area contributed by atoms with Gasteiger partial charge in [-0.2, -0.15) is 5.10 Å². The lowest BCUT2D eigenvalue weighted by atomic mass is 10.0. The first-order valence-electron chi connectivity index (χ1n) is 12.3. The molecule has 1 saturated heterocycles. The van der Waals surface area contributed by atoms with Gasteiger partial charge < -0.3 is 20.1 Å². The lowest BCUT2D eigenvalue weighted by Crippen LogP contribution is -2.34. The van der Waals surface area contributed by atoms with E-state index in [9.17, 15) is 4.79 Å². The third-order valence-corrected chi connectivity index (χ3v) is 6.53. The number of anilines is 1. The summed E-state index contributed by atoms with van der Waals surface area (Å²) in [5, 5.41) is 11.5. The number of aryl methyl sites for hydroxylation is 1. The van der Waals surface area contributed by atoms with Crippen LogP contribution in [0.15, 0.2) is 55.0 Å². The van der Waals surface area contributed by atoms with Gasteiger partial charge in [0, 0.05) is 41.7 Å². The minimum Gasteiger partial charge on any atom is -0.379 e. The van der Waals surface area contributed by atoms with Gasteiger partial charge in [-0.25, -0.2) is 9.50 Å². The van der Waals surface area contributed by atoms with E-state index in [2.05, 4.69) is 15.6 Å². The van der Waals surface area contributed by atoms with Gasteiger partial charge in [0.25, 0.3) is 5.91 Å². The highest BCUT2D eigenvalue weighted by molar-refractivity contribution is 5.96. The number of aromatic nitrogens is 4. The molecule has 4 heterocycles. The second-order valence-electron chi connectivity index (χ2n) is 9.28. The molecule has 1 amide bonds. The van der Waals surface area contributed by atoms with Crippen molar-refractivity contribution in [1.82, 2.24) is 24.9 Å². The molecule has 1 atom stereocenters. The minimum atomic E-state index is -0.0252. The molecule has 0 radical (unpaired) electrons. The van der Waals surface area contributed by atoms with Crippen molar-refractivity contribution in [1.29, 1.82) is 0 Å². The summed E-state index contributed by atoms with van der Waals surface area (Å²) in [5.41, 5.74) is 6.72. The molecule has 3 aromatic heterocycles. The first kappa shape index (κ1) is 22.6. The van der Waals surface area contributed by atoms with Crippen molar-refractivity contribution in [3.8, 4) is 22.5 Å². The summed E-state index contributed by atoms with van der Waals surface area (Å²) >= 11 is 0. The Morgan fingerprint density at radius 3 is 2.72 bits per heavy atom. The van der Waals surface area contributed by atoms with Gasteiger partial charge in [-0.1, -0.05) is 6.07 Å². The maximum absolute atomic E-state index is 12.6. The zero-order chi connectivity index (χ0) is 24.5. The van der Waals surface area contributed by atoms with E-state index in [0.29, 0.717) is 43.6 Å². The van der Waals surface area contributed by atoms with Crippen LogP contribution in [0.25, 0.3) is 28.2 Å². The Kier molecular flexibility index (Phi) is 6.08. The van der Waals surface area contributed by atoms with Gasteiger partial charge in [-0.05, 0) is 55.7 Å². The SMILES string of the molecule is Cc1cc(-c2cnc3c(NCC4COCCO4)cc(-c4ccncc4)nn23)ccc1C(=O)NC1CC1. The zero-order valence-electron chi connectivity index (χ0n) is 20.1. The molecular weight excluding hydrogens is 456 g/mol. The number of nitrogens with one attached hydrogen (secondary N) is 2. The Bertz CT molecular complexity index is 1390. The molecule has 9 heteroatoms. The number of imidazole rings is 1. The van der Waals surface area contributed by atoms with Crippen LogP contribution in [0.5, 0.6) is 0 Å². The Morgan fingerprint density at radius 2 is 1.97 bits per heavy atom. The van der Waals surface area contributed by atoms with Crippen molar-refractivity contribution >= 4 is 17.2 Å². The zero-order valence-corrected chi connectivity index (χ0v) is 20.1. The summed E-state index contributed by atoms with van der Waals surface area (Å²) in [5.74, 6) is -0.0156. The summed E-state index contributed by atoms with van der Waals surface area (Å²) < 4.78 is 13.2. The number of carbonyl (C=O) groups is 1. The van der Waals surface area contributed by atoms with Crippen LogP contribution in [0.4, 0.5) is 5.69 Å². The van der Waals surface area contributed by atoms with Crippen LogP contribution < -0.4 is 10.6 Å². The van der Waals surface area contributed by atoms with Crippen molar-refractivity contribution in [3.63, 3.8) is 0 Å². The number of hydrogen-bond donors (Lipinski definition) is 2. The van der Waals surface area contributed by atoms with Gasteiger partial charge in [0.2, 0.25) is 0 Å². The average Bonchev–Trinajstić information content (AvgIpc) is 3.62. The molecule has 2 aliphatic rings. The summed E-state index contributed by atoms with van der Waals surface area (Å²) in [7, 11) is 0. The smallest absolute Gasteiger partial charge is 0.251 e. The molecule has 9 nitrogen and oxygen atoms in total. The van der Waals surface area contributed by atoms with E-state index in [1.54, 1.807) is 12.4 Å². The maximum atomic E-state index is 12.6. The molecule has 1 aliphatic carbocycles. The quantitative estimate of drug-likeness (QED) is 0.414. The van der Waals surface area contributed by atoms with E-state index >= 15 is 0 Å². The molecule has 1 aliphatic heterocycles. The number of amides is 1. The van der Waals surface area contributed by atoms with Crippen molar-refractivity contribution in [2.75, 3.05) is 31.7 Å². The molecule has 2 fully saturated rings. The Hall–Kier alpha value is -3.82. The number of nitrogens with zero attached hydrogens (tertiary/aromatic N) is 4. The first-order chi connectivity index (χ1) is 17.7. The highest BCUT2D eigenvalue weighted by atomic mass is 16.6. The lowest BCUT2D eigenvalue weighted by molar-refractivity contribution is -0.0818. The fourth-order valence-electron chi connectivity index (χ4n) is 4.41. The van der Waals surface area contributed by atoms with Gasteiger partial charge in [0.15, 0.2) is 5.65 Å². The van der Waals surface area contributed by atoms with Crippen molar-refractivity contribution in [2.45, 2.75) is 31.9 Å². The molecule has 1 aromatic carbocycles. The Labute approximate surface area is 208 Å². The molecular formula is C27H28N6O3. The predicted molar refractivity (Wildman–Crippen MR) is 136 cm³/mol. The summed E-state index contributed by atoms with van der Waals surface area (Å²) in [6, 6.07) is 12.1. The predicted octanol–water partition coefficient (Wildman–Crippen LogP) is 3.49. The van der Waals surface area contributed by atoms with Crippen LogP contribution in [-0.2, 0) is 9.47 Å². The molecule has 0 spiro atoms.